The van der Waals surface area contributed by atoms with Crippen molar-refractivity contribution >= 4 is 5.91 Å². The second-order valence-electron chi connectivity index (χ2n) is 7.04. The molecule has 1 amide bonds. The van der Waals surface area contributed by atoms with Gasteiger partial charge in [0, 0.05) is 13.1 Å². The van der Waals surface area contributed by atoms with Crippen LogP contribution in [0.2, 0.25) is 0 Å². The van der Waals surface area contributed by atoms with Crippen molar-refractivity contribution in [2.24, 2.45) is 5.92 Å². The van der Waals surface area contributed by atoms with Crippen LogP contribution in [0.4, 0.5) is 0 Å². The van der Waals surface area contributed by atoms with Crippen molar-refractivity contribution in [2.75, 3.05) is 26.2 Å². The molecule has 26 heavy (non-hydrogen) atoms. The van der Waals surface area contributed by atoms with E-state index in [2.05, 4.69) is 36.4 Å². The maximum atomic E-state index is 13.0. The minimum atomic E-state index is 0.142. The lowest BCUT2D eigenvalue weighted by Crippen LogP contribution is -2.41. The van der Waals surface area contributed by atoms with Gasteiger partial charge in [-0.2, -0.15) is 5.10 Å². The van der Waals surface area contributed by atoms with Gasteiger partial charge in [0.15, 0.2) is 0 Å². The Morgan fingerprint density at radius 3 is 2.58 bits per heavy atom. The lowest BCUT2D eigenvalue weighted by Gasteiger charge is -2.32. The third kappa shape index (κ3) is 4.33. The number of rotatable bonds is 7. The highest BCUT2D eigenvalue weighted by molar-refractivity contribution is 5.95. The van der Waals surface area contributed by atoms with Crippen LogP contribution >= 0.6 is 0 Å². The number of carbonyl (C=O) groups is 1. The molecule has 5 nitrogen and oxygen atoms in total. The number of nitrogens with zero attached hydrogens (tertiary/aromatic N) is 3. The van der Waals surface area contributed by atoms with Crippen molar-refractivity contribution in [1.29, 1.82) is 0 Å². The summed E-state index contributed by atoms with van der Waals surface area (Å²) in [6.45, 7) is 8.72. The second kappa shape index (κ2) is 8.99. The minimum Gasteiger partial charge on any atom is -0.339 e. The Morgan fingerprint density at radius 1 is 1.19 bits per heavy atom. The summed E-state index contributed by atoms with van der Waals surface area (Å²) in [5.74, 6) is 0.827. The summed E-state index contributed by atoms with van der Waals surface area (Å²) in [6.07, 6.45) is 4.73. The number of amides is 1. The van der Waals surface area contributed by atoms with Gasteiger partial charge in [0.2, 0.25) is 0 Å². The Kier molecular flexibility index (Phi) is 6.45. The van der Waals surface area contributed by atoms with Crippen molar-refractivity contribution in [2.45, 2.75) is 39.7 Å². The molecule has 0 radical (unpaired) electrons. The summed E-state index contributed by atoms with van der Waals surface area (Å²) < 4.78 is 1.97. The molecule has 0 unspecified atom stereocenters. The lowest BCUT2D eigenvalue weighted by molar-refractivity contribution is 0.0689. The van der Waals surface area contributed by atoms with E-state index in [0.29, 0.717) is 12.5 Å². The number of benzene rings is 1. The largest absolute Gasteiger partial charge is 0.339 e. The summed E-state index contributed by atoms with van der Waals surface area (Å²) in [7, 11) is 0. The van der Waals surface area contributed by atoms with Crippen molar-refractivity contribution in [3.63, 3.8) is 0 Å². The van der Waals surface area contributed by atoms with E-state index in [-0.39, 0.29) is 5.91 Å². The molecule has 1 aromatic heterocycles. The monoisotopic (exact) mass is 354 g/mol. The predicted octanol–water partition coefficient (Wildman–Crippen LogP) is 2.96. The minimum absolute atomic E-state index is 0.142. The van der Waals surface area contributed by atoms with Gasteiger partial charge in [0.1, 0.15) is 0 Å². The molecule has 1 N–H and O–H groups in total. The standard InChI is InChI=1S/C21H30N4O/c1-3-20-19(15-23-25(20)16-18-8-6-5-7-9-18)21(26)24-12-10-17(11-13-24)14-22-4-2/h5-9,15,17,22H,3-4,10-14,16H2,1-2H3. The lowest BCUT2D eigenvalue weighted by atomic mass is 9.96. The molecule has 0 atom stereocenters. The SMILES string of the molecule is CCNCC1CCN(C(=O)c2cnn(Cc3ccccc3)c2CC)CC1. The number of nitrogens with one attached hydrogen (secondary N) is 1. The Bertz CT molecular complexity index is 702. The third-order valence-electron chi connectivity index (χ3n) is 5.27. The number of aromatic nitrogens is 2. The molecule has 1 aliphatic heterocycles. The molecule has 140 valence electrons. The molecule has 0 saturated carbocycles. The van der Waals surface area contributed by atoms with Crippen molar-refractivity contribution < 1.29 is 4.79 Å². The van der Waals surface area contributed by atoms with Gasteiger partial charge in [-0.3, -0.25) is 9.48 Å². The van der Waals surface area contributed by atoms with Gasteiger partial charge in [-0.05, 0) is 43.8 Å². The van der Waals surface area contributed by atoms with Crippen LogP contribution in [0.3, 0.4) is 0 Å². The fraction of sp³-hybridized carbons (Fsp3) is 0.524. The third-order valence-corrected chi connectivity index (χ3v) is 5.27. The van der Waals surface area contributed by atoms with Crippen LogP contribution in [0.15, 0.2) is 36.5 Å². The van der Waals surface area contributed by atoms with Crippen LogP contribution in [-0.2, 0) is 13.0 Å². The molecule has 1 saturated heterocycles. The normalized spacial score (nSPS) is 15.4. The number of carbonyl (C=O) groups excluding carboxylic acids is 1. The van der Waals surface area contributed by atoms with Crippen molar-refractivity contribution in [1.82, 2.24) is 20.0 Å². The first kappa shape index (κ1) is 18.6. The zero-order chi connectivity index (χ0) is 18.4. The van der Waals surface area contributed by atoms with E-state index < -0.39 is 0 Å². The van der Waals surface area contributed by atoms with Gasteiger partial charge < -0.3 is 10.2 Å². The molecule has 1 aromatic carbocycles. The van der Waals surface area contributed by atoms with E-state index in [9.17, 15) is 4.79 Å². The van der Waals surface area contributed by atoms with E-state index in [1.165, 1.54) is 5.56 Å². The Balaban J connectivity index is 1.66. The summed E-state index contributed by atoms with van der Waals surface area (Å²) in [6, 6.07) is 10.3. The predicted molar refractivity (Wildman–Crippen MR) is 104 cm³/mol. The summed E-state index contributed by atoms with van der Waals surface area (Å²) >= 11 is 0. The molecule has 1 aliphatic rings. The first-order valence-corrected chi connectivity index (χ1v) is 9.81. The van der Waals surface area contributed by atoms with Gasteiger partial charge in [-0.25, -0.2) is 0 Å². The van der Waals surface area contributed by atoms with Crippen LogP contribution < -0.4 is 5.32 Å². The maximum Gasteiger partial charge on any atom is 0.257 e. The number of hydrogen-bond donors (Lipinski definition) is 1. The quantitative estimate of drug-likeness (QED) is 0.832. The van der Waals surface area contributed by atoms with Gasteiger partial charge >= 0.3 is 0 Å². The van der Waals surface area contributed by atoms with Crippen LogP contribution in [0.1, 0.15) is 48.3 Å². The highest BCUT2D eigenvalue weighted by Crippen LogP contribution is 2.21. The van der Waals surface area contributed by atoms with Gasteiger partial charge in [-0.1, -0.05) is 44.2 Å². The van der Waals surface area contributed by atoms with Crippen LogP contribution in [0.5, 0.6) is 0 Å². The summed E-state index contributed by atoms with van der Waals surface area (Å²) in [5.41, 5.74) is 3.01. The molecule has 3 rings (SSSR count). The molecule has 0 spiro atoms. The smallest absolute Gasteiger partial charge is 0.257 e. The topological polar surface area (TPSA) is 50.2 Å². The van der Waals surface area contributed by atoms with Gasteiger partial charge in [-0.15, -0.1) is 0 Å². The molecular formula is C21H30N4O. The van der Waals surface area contributed by atoms with Crippen LogP contribution in [-0.4, -0.2) is 46.8 Å². The number of likely N-dealkylation sites (tertiary alicyclic amines) is 1. The maximum absolute atomic E-state index is 13.0. The number of hydrogen-bond acceptors (Lipinski definition) is 3. The zero-order valence-corrected chi connectivity index (χ0v) is 15.9. The first-order valence-electron chi connectivity index (χ1n) is 9.81. The highest BCUT2D eigenvalue weighted by Gasteiger charge is 2.26. The Hall–Kier alpha value is -2.14. The molecule has 2 heterocycles. The zero-order valence-electron chi connectivity index (χ0n) is 15.9. The van der Waals surface area contributed by atoms with Crippen molar-refractivity contribution in [3.8, 4) is 0 Å². The van der Waals surface area contributed by atoms with Gasteiger partial charge in [0.25, 0.3) is 5.91 Å². The van der Waals surface area contributed by atoms with E-state index >= 15 is 0 Å². The van der Waals surface area contributed by atoms with E-state index in [0.717, 1.165) is 56.7 Å². The summed E-state index contributed by atoms with van der Waals surface area (Å²) in [5, 5.41) is 7.93. The Labute approximate surface area is 156 Å². The van der Waals surface area contributed by atoms with E-state index in [4.69, 9.17) is 0 Å². The van der Waals surface area contributed by atoms with E-state index in [1.807, 2.05) is 27.8 Å². The molecular weight excluding hydrogens is 324 g/mol. The molecule has 0 aliphatic carbocycles. The highest BCUT2D eigenvalue weighted by atomic mass is 16.2. The molecule has 5 heteroatoms. The Morgan fingerprint density at radius 2 is 1.92 bits per heavy atom. The van der Waals surface area contributed by atoms with Crippen LogP contribution in [0, 0.1) is 5.92 Å². The molecule has 0 bridgehead atoms. The second-order valence-corrected chi connectivity index (χ2v) is 7.04. The number of piperidine rings is 1. The summed E-state index contributed by atoms with van der Waals surface area (Å²) in [4.78, 5) is 15.0. The fourth-order valence-corrected chi connectivity index (χ4v) is 3.71. The van der Waals surface area contributed by atoms with Crippen molar-refractivity contribution in [3.05, 3.63) is 53.3 Å². The average Bonchev–Trinajstić information content (AvgIpc) is 3.09. The van der Waals surface area contributed by atoms with Gasteiger partial charge in [0.05, 0.1) is 24.0 Å². The fourth-order valence-electron chi connectivity index (χ4n) is 3.71. The molecule has 2 aromatic rings. The van der Waals surface area contributed by atoms with Crippen LogP contribution in [0.25, 0.3) is 0 Å². The average molecular weight is 354 g/mol. The molecule has 1 fully saturated rings. The first-order chi connectivity index (χ1) is 12.7. The van der Waals surface area contributed by atoms with E-state index in [1.54, 1.807) is 6.20 Å².